The zero-order valence-electron chi connectivity index (χ0n) is 12.3. The summed E-state index contributed by atoms with van der Waals surface area (Å²) in [5, 5.41) is 20.3. The van der Waals surface area contributed by atoms with E-state index in [9.17, 15) is 19.8 Å². The first-order valence-corrected chi connectivity index (χ1v) is 6.27. The van der Waals surface area contributed by atoms with Crippen LogP contribution >= 0.6 is 0 Å². The molecule has 0 fully saturated rings. The summed E-state index contributed by atoms with van der Waals surface area (Å²) < 4.78 is 0. The molecule has 11 heteroatoms. The first-order valence-electron chi connectivity index (χ1n) is 6.27. The van der Waals surface area contributed by atoms with Gasteiger partial charge in [-0.2, -0.15) is 0 Å². The quantitative estimate of drug-likeness (QED) is 0.382. The number of aromatic nitrogens is 4. The summed E-state index contributed by atoms with van der Waals surface area (Å²) in [6, 6.07) is -1.93. The van der Waals surface area contributed by atoms with E-state index in [0.29, 0.717) is 11.4 Å². The molecule has 2 aromatic heterocycles. The number of nitrogens with one attached hydrogen (secondary N) is 2. The van der Waals surface area contributed by atoms with Crippen LogP contribution in [0.1, 0.15) is 11.4 Å². The van der Waals surface area contributed by atoms with Crippen LogP contribution in [0, 0.1) is 0 Å². The molecule has 120 valence electrons. The van der Waals surface area contributed by atoms with Gasteiger partial charge in [-0.25, -0.2) is 9.97 Å². The molecule has 10 nitrogen and oxygen atoms in total. The van der Waals surface area contributed by atoms with Gasteiger partial charge >= 0.3 is 23.1 Å². The predicted molar refractivity (Wildman–Crippen MR) is 76.3 cm³/mol. The summed E-state index contributed by atoms with van der Waals surface area (Å²) in [7, 11) is 0. The molecule has 23 heavy (non-hydrogen) atoms. The van der Waals surface area contributed by atoms with Crippen molar-refractivity contribution in [3.8, 4) is 0 Å². The van der Waals surface area contributed by atoms with Crippen LogP contribution in [0.15, 0.2) is 25.0 Å². The summed E-state index contributed by atoms with van der Waals surface area (Å²) in [5.74, 6) is -2.50. The number of aromatic amines is 2. The molecule has 0 aliphatic carbocycles. The molecule has 6 N–H and O–H groups in total. The Balaban J connectivity index is 0.000000403. The van der Waals surface area contributed by atoms with Gasteiger partial charge in [0.05, 0.1) is 24.6 Å². The Kier molecular flexibility index (Phi) is 9.81. The molecular formula is C12H16MgN6O4. The van der Waals surface area contributed by atoms with E-state index in [4.69, 9.17) is 11.5 Å². The molecule has 0 amide bonds. The SMILES string of the molecule is NC(Cc1cnc[nH]1)C(=O)[O-].NC(Cc1cnc[nH]1)C(=O)[O-].[Mg+2]. The Bertz CT molecular complexity index is 522. The monoisotopic (exact) mass is 332 g/mol. The molecule has 2 rings (SSSR count). The molecule has 0 saturated heterocycles. The standard InChI is InChI=1S/2C6H9N3O2.Mg/c2*7-5(6(10)11)1-4-2-8-3-9-4;/h2*2-3,5H,1,7H2,(H,8,9)(H,10,11);/q;;+2/p-2. The Morgan fingerprint density at radius 1 is 0.957 bits per heavy atom. The molecule has 0 radical (unpaired) electrons. The van der Waals surface area contributed by atoms with Gasteiger partial charge in [-0.3, -0.25) is 0 Å². The van der Waals surface area contributed by atoms with Gasteiger partial charge in [-0.05, 0) is 0 Å². The normalized spacial score (nSPS) is 12.3. The Labute approximate surface area is 147 Å². The number of rotatable bonds is 6. The van der Waals surface area contributed by atoms with Crippen LogP contribution in [0.5, 0.6) is 0 Å². The second kappa shape index (κ2) is 10.7. The maximum absolute atomic E-state index is 10.2. The molecule has 0 aliphatic rings. The van der Waals surface area contributed by atoms with Gasteiger partial charge in [0.15, 0.2) is 0 Å². The van der Waals surface area contributed by atoms with E-state index in [1.54, 1.807) is 0 Å². The molecule has 2 aromatic rings. The average Bonchev–Trinajstić information content (AvgIpc) is 3.12. The van der Waals surface area contributed by atoms with Crippen molar-refractivity contribution < 1.29 is 19.8 Å². The number of nitrogens with two attached hydrogens (primary N) is 2. The number of carbonyl (C=O) groups is 2. The number of aliphatic carboxylic acids is 2. The maximum atomic E-state index is 10.2. The number of imidazole rings is 2. The number of carboxylic acids is 2. The first kappa shape index (κ1) is 21.0. The number of hydrogen-bond donors (Lipinski definition) is 4. The van der Waals surface area contributed by atoms with Crippen molar-refractivity contribution in [2.24, 2.45) is 11.5 Å². The van der Waals surface area contributed by atoms with Gasteiger partial charge in [0.1, 0.15) is 0 Å². The van der Waals surface area contributed by atoms with Crippen LogP contribution in [-0.4, -0.2) is 67.0 Å². The third-order valence-electron chi connectivity index (χ3n) is 2.59. The van der Waals surface area contributed by atoms with E-state index in [1.165, 1.54) is 25.0 Å². The second-order valence-corrected chi connectivity index (χ2v) is 4.41. The fraction of sp³-hybridized carbons (Fsp3) is 0.333. The van der Waals surface area contributed by atoms with Gasteiger partial charge in [-0.1, -0.05) is 0 Å². The number of hydrogen-bond acceptors (Lipinski definition) is 8. The number of carbonyl (C=O) groups excluding carboxylic acids is 2. The summed E-state index contributed by atoms with van der Waals surface area (Å²) in [6.07, 6.45) is 6.45. The maximum Gasteiger partial charge on any atom is 2.00 e. The van der Waals surface area contributed by atoms with Crippen molar-refractivity contribution in [2.75, 3.05) is 0 Å². The van der Waals surface area contributed by atoms with Crippen molar-refractivity contribution in [2.45, 2.75) is 24.9 Å². The van der Waals surface area contributed by atoms with Crippen LogP contribution < -0.4 is 21.7 Å². The molecule has 0 bridgehead atoms. The Hall–Kier alpha value is -1.95. The molecule has 0 aliphatic heterocycles. The van der Waals surface area contributed by atoms with Crippen molar-refractivity contribution in [3.05, 3.63) is 36.4 Å². The first-order chi connectivity index (χ1) is 10.4. The molecule has 0 spiro atoms. The van der Waals surface area contributed by atoms with Crippen molar-refractivity contribution in [3.63, 3.8) is 0 Å². The molecule has 2 unspecified atom stereocenters. The van der Waals surface area contributed by atoms with Crippen LogP contribution in [-0.2, 0) is 22.4 Å². The fourth-order valence-corrected chi connectivity index (χ4v) is 1.43. The Morgan fingerprint density at radius 3 is 1.52 bits per heavy atom. The van der Waals surface area contributed by atoms with Gasteiger partial charge in [0, 0.05) is 48.7 Å². The minimum Gasteiger partial charge on any atom is -0.548 e. The molecule has 0 saturated carbocycles. The van der Waals surface area contributed by atoms with Gasteiger partial charge in [0.25, 0.3) is 0 Å². The van der Waals surface area contributed by atoms with E-state index >= 15 is 0 Å². The van der Waals surface area contributed by atoms with Crippen LogP contribution in [0.25, 0.3) is 0 Å². The number of H-pyrrole nitrogens is 2. The van der Waals surface area contributed by atoms with Gasteiger partial charge in [-0.15, -0.1) is 0 Å². The fourth-order valence-electron chi connectivity index (χ4n) is 1.43. The largest absolute Gasteiger partial charge is 2.00 e. The number of nitrogens with zero attached hydrogens (tertiary/aromatic N) is 2. The smallest absolute Gasteiger partial charge is 0.548 e. The topological polar surface area (TPSA) is 190 Å². The van der Waals surface area contributed by atoms with E-state index in [1.807, 2.05) is 0 Å². The average molecular weight is 333 g/mol. The molecular weight excluding hydrogens is 316 g/mol. The van der Waals surface area contributed by atoms with Crippen molar-refractivity contribution in [1.82, 2.24) is 19.9 Å². The third kappa shape index (κ3) is 8.30. The molecule has 2 atom stereocenters. The van der Waals surface area contributed by atoms with E-state index in [2.05, 4.69) is 19.9 Å². The second-order valence-electron chi connectivity index (χ2n) is 4.41. The summed E-state index contributed by atoms with van der Waals surface area (Å²) in [6.45, 7) is 0. The third-order valence-corrected chi connectivity index (χ3v) is 2.59. The summed E-state index contributed by atoms with van der Waals surface area (Å²) >= 11 is 0. The molecule has 2 heterocycles. The molecule has 0 aromatic carbocycles. The van der Waals surface area contributed by atoms with Gasteiger partial charge in [0.2, 0.25) is 0 Å². The Morgan fingerprint density at radius 2 is 1.30 bits per heavy atom. The van der Waals surface area contributed by atoms with E-state index < -0.39 is 24.0 Å². The summed E-state index contributed by atoms with van der Waals surface area (Å²) in [4.78, 5) is 33.2. The minimum absolute atomic E-state index is 0. The van der Waals surface area contributed by atoms with Crippen molar-refractivity contribution in [1.29, 1.82) is 0 Å². The summed E-state index contributed by atoms with van der Waals surface area (Å²) in [5.41, 5.74) is 11.8. The minimum atomic E-state index is -1.25. The van der Waals surface area contributed by atoms with Crippen LogP contribution in [0.2, 0.25) is 0 Å². The predicted octanol–water partition coefficient (Wildman–Crippen LogP) is -4.32. The van der Waals surface area contributed by atoms with E-state index in [0.717, 1.165) is 0 Å². The zero-order valence-corrected chi connectivity index (χ0v) is 13.7. The number of carboxylic acid groups (broad SMARTS) is 2. The van der Waals surface area contributed by atoms with Crippen molar-refractivity contribution >= 4 is 35.0 Å². The van der Waals surface area contributed by atoms with Crippen LogP contribution in [0.4, 0.5) is 0 Å². The van der Waals surface area contributed by atoms with E-state index in [-0.39, 0.29) is 35.9 Å². The zero-order chi connectivity index (χ0) is 16.5. The van der Waals surface area contributed by atoms with Gasteiger partial charge < -0.3 is 41.2 Å². The van der Waals surface area contributed by atoms with Crippen LogP contribution in [0.3, 0.4) is 0 Å².